The molecule has 0 unspecified atom stereocenters. The summed E-state index contributed by atoms with van der Waals surface area (Å²) in [5, 5.41) is 0. The Morgan fingerprint density at radius 1 is 0.850 bits per heavy atom. The number of carbonyl (C=O) groups excluding carboxylic acids is 2. The van der Waals surface area contributed by atoms with Gasteiger partial charge in [0.05, 0.1) is 12.5 Å². The SMILES string of the molecule is CCCCOC[C@@H](COc1ccc(C(C)(C)c2ccc(OC[C@@H](CCl)OC(C)=O)c(C)c2)cc1)OC(C)=O.S.S. The Labute approximate surface area is 258 Å². The van der Waals surface area contributed by atoms with E-state index in [1.807, 2.05) is 43.3 Å². The smallest absolute Gasteiger partial charge is 0.303 e. The molecule has 0 aliphatic carbocycles. The van der Waals surface area contributed by atoms with E-state index >= 15 is 0 Å². The van der Waals surface area contributed by atoms with Crippen LogP contribution in [0.5, 0.6) is 11.5 Å². The minimum absolute atomic E-state index is 0. The second-order valence-electron chi connectivity index (χ2n) is 9.80. The van der Waals surface area contributed by atoms with Crippen molar-refractivity contribution >= 4 is 50.5 Å². The van der Waals surface area contributed by atoms with Crippen LogP contribution in [-0.4, -0.2) is 56.5 Å². The summed E-state index contributed by atoms with van der Waals surface area (Å²) >= 11 is 5.88. The average molecular weight is 617 g/mol. The Balaban J connectivity index is 0.00000760. The molecule has 0 radical (unpaired) electrons. The largest absolute Gasteiger partial charge is 0.490 e. The molecule has 40 heavy (non-hydrogen) atoms. The third-order valence-corrected chi connectivity index (χ3v) is 6.46. The fourth-order valence-corrected chi connectivity index (χ4v) is 4.02. The summed E-state index contributed by atoms with van der Waals surface area (Å²) in [5.74, 6) is 0.837. The zero-order valence-corrected chi connectivity index (χ0v) is 27.1. The van der Waals surface area contributed by atoms with Crippen LogP contribution >= 0.6 is 38.6 Å². The van der Waals surface area contributed by atoms with Crippen LogP contribution in [0.1, 0.15) is 64.2 Å². The summed E-state index contributed by atoms with van der Waals surface area (Å²) in [4.78, 5) is 22.6. The second kappa shape index (κ2) is 19.1. The van der Waals surface area contributed by atoms with Gasteiger partial charge in [0.2, 0.25) is 0 Å². The first-order valence-corrected chi connectivity index (χ1v) is 13.6. The Kier molecular flexibility index (Phi) is 18.1. The highest BCUT2D eigenvalue weighted by atomic mass is 35.5. The summed E-state index contributed by atoms with van der Waals surface area (Å²) in [6.07, 6.45) is 1.05. The fraction of sp³-hybridized carbons (Fsp3) is 0.533. The molecule has 226 valence electrons. The molecular formula is C30H45ClO7S2. The maximum Gasteiger partial charge on any atom is 0.303 e. The Morgan fingerprint density at radius 2 is 1.43 bits per heavy atom. The molecule has 10 heteroatoms. The molecule has 0 N–H and O–H groups in total. The fourth-order valence-electron chi connectivity index (χ4n) is 3.86. The van der Waals surface area contributed by atoms with E-state index in [-0.39, 0.29) is 63.4 Å². The van der Waals surface area contributed by atoms with Gasteiger partial charge in [0.1, 0.15) is 30.8 Å². The van der Waals surface area contributed by atoms with Crippen molar-refractivity contribution < 1.29 is 33.3 Å². The highest BCUT2D eigenvalue weighted by Crippen LogP contribution is 2.34. The van der Waals surface area contributed by atoms with Gasteiger partial charge in [-0.15, -0.1) is 11.6 Å². The van der Waals surface area contributed by atoms with Gasteiger partial charge in [0.25, 0.3) is 0 Å². The number of hydrogen-bond acceptors (Lipinski definition) is 7. The van der Waals surface area contributed by atoms with E-state index in [9.17, 15) is 9.59 Å². The van der Waals surface area contributed by atoms with E-state index in [1.165, 1.54) is 13.8 Å². The Morgan fingerprint density at radius 3 is 1.98 bits per heavy atom. The Hall–Kier alpha value is -2.07. The van der Waals surface area contributed by atoms with Crippen LogP contribution in [0.15, 0.2) is 42.5 Å². The summed E-state index contributed by atoms with van der Waals surface area (Å²) in [7, 11) is 0. The summed E-state index contributed by atoms with van der Waals surface area (Å²) in [6, 6.07) is 14.0. The van der Waals surface area contributed by atoms with Crippen LogP contribution in [0.4, 0.5) is 0 Å². The van der Waals surface area contributed by atoms with Crippen LogP contribution in [0.3, 0.4) is 0 Å². The lowest BCUT2D eigenvalue weighted by Crippen LogP contribution is -2.29. The molecule has 0 bridgehead atoms. The minimum atomic E-state index is -0.497. The number of alkyl halides is 1. The van der Waals surface area contributed by atoms with E-state index in [4.69, 9.17) is 35.3 Å². The van der Waals surface area contributed by atoms with Gasteiger partial charge in [-0.1, -0.05) is 51.5 Å². The quantitative estimate of drug-likeness (QED) is 0.126. The number of rotatable bonds is 16. The first-order chi connectivity index (χ1) is 18.1. The van der Waals surface area contributed by atoms with E-state index < -0.39 is 12.2 Å². The van der Waals surface area contributed by atoms with E-state index in [0.717, 1.165) is 35.3 Å². The molecule has 2 rings (SSSR count). The lowest BCUT2D eigenvalue weighted by molar-refractivity contribution is -0.151. The van der Waals surface area contributed by atoms with Gasteiger partial charge in [0.15, 0.2) is 6.10 Å². The van der Waals surface area contributed by atoms with Crippen molar-refractivity contribution in [3.8, 4) is 11.5 Å². The topological polar surface area (TPSA) is 80.3 Å². The molecule has 2 atom stereocenters. The molecule has 0 saturated carbocycles. The molecule has 0 heterocycles. The molecular weight excluding hydrogens is 572 g/mol. The van der Waals surface area contributed by atoms with Crippen molar-refractivity contribution in [1.82, 2.24) is 0 Å². The van der Waals surface area contributed by atoms with Gasteiger partial charge in [-0.3, -0.25) is 9.59 Å². The predicted molar refractivity (Wildman–Crippen MR) is 169 cm³/mol. The van der Waals surface area contributed by atoms with Crippen molar-refractivity contribution in [2.75, 3.05) is 32.3 Å². The molecule has 2 aromatic rings. The zero-order chi connectivity index (χ0) is 28.1. The van der Waals surface area contributed by atoms with Crippen LogP contribution in [-0.2, 0) is 29.2 Å². The van der Waals surface area contributed by atoms with Gasteiger partial charge in [0, 0.05) is 25.9 Å². The monoisotopic (exact) mass is 616 g/mol. The lowest BCUT2D eigenvalue weighted by Gasteiger charge is -2.27. The zero-order valence-electron chi connectivity index (χ0n) is 24.4. The highest BCUT2D eigenvalue weighted by molar-refractivity contribution is 7.59. The van der Waals surface area contributed by atoms with Crippen LogP contribution in [0.2, 0.25) is 0 Å². The third kappa shape index (κ3) is 12.6. The number of halogens is 1. The summed E-state index contributed by atoms with van der Waals surface area (Å²) in [5.41, 5.74) is 2.95. The normalized spacial score (nSPS) is 12.3. The molecule has 0 aliphatic heterocycles. The van der Waals surface area contributed by atoms with E-state index in [2.05, 4.69) is 26.8 Å². The first kappa shape index (κ1) is 37.9. The molecule has 0 fully saturated rings. The van der Waals surface area contributed by atoms with Gasteiger partial charge in [-0.2, -0.15) is 27.0 Å². The van der Waals surface area contributed by atoms with Crippen LogP contribution < -0.4 is 9.47 Å². The number of benzene rings is 2. The minimum Gasteiger partial charge on any atom is -0.490 e. The van der Waals surface area contributed by atoms with Crippen molar-refractivity contribution in [2.45, 2.75) is 72.0 Å². The second-order valence-corrected chi connectivity index (χ2v) is 10.1. The molecule has 2 aromatic carbocycles. The molecule has 0 spiro atoms. The van der Waals surface area contributed by atoms with Crippen LogP contribution in [0, 0.1) is 6.92 Å². The maximum absolute atomic E-state index is 11.4. The lowest BCUT2D eigenvalue weighted by atomic mass is 9.77. The number of esters is 2. The number of hydrogen-bond donors (Lipinski definition) is 0. The Bertz CT molecular complexity index is 1030. The third-order valence-electron chi connectivity index (χ3n) is 6.12. The highest BCUT2D eigenvalue weighted by Gasteiger charge is 2.24. The summed E-state index contributed by atoms with van der Waals surface area (Å²) in [6.45, 7) is 12.5. The molecule has 7 nitrogen and oxygen atoms in total. The number of unbranched alkanes of at least 4 members (excludes halogenated alkanes) is 1. The van der Waals surface area contributed by atoms with E-state index in [0.29, 0.717) is 19.0 Å². The summed E-state index contributed by atoms with van der Waals surface area (Å²) < 4.78 is 27.9. The van der Waals surface area contributed by atoms with Crippen molar-refractivity contribution in [3.05, 3.63) is 59.2 Å². The van der Waals surface area contributed by atoms with E-state index in [1.54, 1.807) is 0 Å². The molecule has 0 aromatic heterocycles. The first-order valence-electron chi connectivity index (χ1n) is 13.0. The van der Waals surface area contributed by atoms with Crippen LogP contribution in [0.25, 0.3) is 0 Å². The van der Waals surface area contributed by atoms with Gasteiger partial charge in [-0.05, 0) is 48.2 Å². The molecule has 0 aliphatic rings. The number of ether oxygens (including phenoxy) is 5. The van der Waals surface area contributed by atoms with Crippen molar-refractivity contribution in [3.63, 3.8) is 0 Å². The molecule has 0 saturated heterocycles. The standard InChI is InChI=1S/C30H41ClO7.2H2S/c1-7-8-15-34-18-28(38-23(4)33)20-35-26-12-9-24(10-13-26)30(5,6)25-11-14-29(21(2)16-25)36-19-27(17-31)37-22(3)32;;/h9-14,16,27-28H,7-8,15,17-20H2,1-6H3;2*1H2/t27-,28+;;/m1../s1. The average Bonchev–Trinajstić information content (AvgIpc) is 2.87. The maximum atomic E-state index is 11.4. The van der Waals surface area contributed by atoms with Crippen molar-refractivity contribution in [2.24, 2.45) is 0 Å². The predicted octanol–water partition coefficient (Wildman–Crippen LogP) is 6.22. The number of aryl methyl sites for hydroxylation is 1. The van der Waals surface area contributed by atoms with Gasteiger partial charge < -0.3 is 23.7 Å². The molecule has 0 amide bonds. The number of carbonyl (C=O) groups is 2. The van der Waals surface area contributed by atoms with Gasteiger partial charge >= 0.3 is 11.9 Å². The van der Waals surface area contributed by atoms with Crippen molar-refractivity contribution in [1.29, 1.82) is 0 Å². The van der Waals surface area contributed by atoms with Gasteiger partial charge in [-0.25, -0.2) is 0 Å².